The smallest absolute Gasteiger partial charge is 0.123 e. The zero-order valence-electron chi connectivity index (χ0n) is 11.7. The average Bonchev–Trinajstić information content (AvgIpc) is 2.96. The number of halogens is 2. The van der Waals surface area contributed by atoms with Crippen molar-refractivity contribution in [2.75, 3.05) is 13.1 Å². The quantitative estimate of drug-likeness (QED) is 0.757. The summed E-state index contributed by atoms with van der Waals surface area (Å²) in [6, 6.07) is 12.2. The van der Waals surface area contributed by atoms with Gasteiger partial charge in [0.15, 0.2) is 0 Å². The maximum Gasteiger partial charge on any atom is 0.123 e. The number of benzene rings is 2. The summed E-state index contributed by atoms with van der Waals surface area (Å²) in [7, 11) is 0. The fourth-order valence-corrected chi connectivity index (χ4v) is 3.86. The van der Waals surface area contributed by atoms with Crippen LogP contribution < -0.4 is 0 Å². The van der Waals surface area contributed by atoms with Crippen molar-refractivity contribution in [1.82, 2.24) is 4.90 Å². The minimum Gasteiger partial charge on any atom is -0.295 e. The van der Waals surface area contributed by atoms with Crippen LogP contribution >= 0.6 is 0 Å². The van der Waals surface area contributed by atoms with Crippen LogP contribution in [0.2, 0.25) is 0 Å². The molecular weight excluding hydrogens is 268 g/mol. The van der Waals surface area contributed by atoms with Crippen molar-refractivity contribution in [2.45, 2.75) is 24.8 Å². The van der Waals surface area contributed by atoms with Gasteiger partial charge in [-0.1, -0.05) is 18.2 Å². The summed E-state index contributed by atoms with van der Waals surface area (Å²) in [4.78, 5) is 2.44. The molecule has 2 aliphatic heterocycles. The molecular formula is C18H17F2N. The molecule has 0 bridgehead atoms. The first-order chi connectivity index (χ1) is 10.2. The molecule has 2 aromatic rings. The first-order valence-electron chi connectivity index (χ1n) is 7.51. The van der Waals surface area contributed by atoms with Crippen LogP contribution in [0.4, 0.5) is 8.78 Å². The van der Waals surface area contributed by atoms with E-state index < -0.39 is 0 Å². The number of nitrogens with zero attached hydrogens (tertiary/aromatic N) is 1. The fourth-order valence-electron chi connectivity index (χ4n) is 3.86. The average molecular weight is 285 g/mol. The summed E-state index contributed by atoms with van der Waals surface area (Å²) in [6.45, 7) is 2.01. The molecule has 0 spiro atoms. The third-order valence-electron chi connectivity index (χ3n) is 4.84. The topological polar surface area (TPSA) is 3.24 Å². The Morgan fingerprint density at radius 2 is 1.67 bits per heavy atom. The highest BCUT2D eigenvalue weighted by atomic mass is 19.1. The van der Waals surface area contributed by atoms with Gasteiger partial charge < -0.3 is 0 Å². The van der Waals surface area contributed by atoms with Crippen molar-refractivity contribution >= 4 is 0 Å². The Bertz CT molecular complexity index is 665. The molecule has 0 amide bonds. The molecule has 21 heavy (non-hydrogen) atoms. The molecule has 3 heteroatoms. The minimum atomic E-state index is -0.215. The Kier molecular flexibility index (Phi) is 3.03. The first-order valence-corrected chi connectivity index (χ1v) is 7.51. The molecule has 1 saturated heterocycles. The Hall–Kier alpha value is -1.74. The Morgan fingerprint density at radius 3 is 2.48 bits per heavy atom. The van der Waals surface area contributed by atoms with Gasteiger partial charge in [-0.25, -0.2) is 8.78 Å². The predicted octanol–water partition coefficient (Wildman–Crippen LogP) is 4.25. The standard InChI is InChI=1S/C18H17F2N/c19-13-5-3-12(4-6-13)17-11-21-9-1-2-18(21)16-10-14(20)7-8-15(16)17/h3-8,10,17-18H,1-2,9,11H2/t17-,18-/m0/s1. The Morgan fingerprint density at radius 1 is 0.905 bits per heavy atom. The van der Waals surface area contributed by atoms with Crippen LogP contribution in [-0.4, -0.2) is 18.0 Å². The SMILES string of the molecule is Fc1ccc([C@@H]2CN3CCC[C@H]3c3cc(F)ccc32)cc1. The number of rotatable bonds is 1. The molecule has 1 nitrogen and oxygen atoms in total. The highest BCUT2D eigenvalue weighted by Crippen LogP contribution is 2.44. The highest BCUT2D eigenvalue weighted by Gasteiger charge is 2.36. The monoisotopic (exact) mass is 285 g/mol. The van der Waals surface area contributed by atoms with E-state index in [0.717, 1.165) is 37.1 Å². The summed E-state index contributed by atoms with van der Waals surface area (Å²) in [5.74, 6) is -0.177. The van der Waals surface area contributed by atoms with Crippen LogP contribution in [0.1, 0.15) is 41.5 Å². The van der Waals surface area contributed by atoms with Crippen LogP contribution in [0.5, 0.6) is 0 Å². The van der Waals surface area contributed by atoms with E-state index in [2.05, 4.69) is 4.90 Å². The van der Waals surface area contributed by atoms with Gasteiger partial charge in [0.05, 0.1) is 0 Å². The molecule has 4 rings (SSSR count). The van der Waals surface area contributed by atoms with Gasteiger partial charge in [0.1, 0.15) is 11.6 Å². The van der Waals surface area contributed by atoms with E-state index in [9.17, 15) is 8.78 Å². The lowest BCUT2D eigenvalue weighted by Gasteiger charge is -2.37. The van der Waals surface area contributed by atoms with Gasteiger partial charge in [0, 0.05) is 18.5 Å². The van der Waals surface area contributed by atoms with Crippen molar-refractivity contribution in [3.63, 3.8) is 0 Å². The molecule has 0 radical (unpaired) electrons. The lowest BCUT2D eigenvalue weighted by atomic mass is 9.81. The molecule has 1 fully saturated rings. The van der Waals surface area contributed by atoms with Gasteiger partial charge >= 0.3 is 0 Å². The highest BCUT2D eigenvalue weighted by molar-refractivity contribution is 5.43. The Labute approximate surface area is 123 Å². The molecule has 2 aliphatic rings. The molecule has 0 aromatic heterocycles. The van der Waals surface area contributed by atoms with Crippen molar-refractivity contribution in [3.05, 3.63) is 70.8 Å². The van der Waals surface area contributed by atoms with Crippen molar-refractivity contribution in [2.24, 2.45) is 0 Å². The molecule has 0 N–H and O–H groups in total. The van der Waals surface area contributed by atoms with E-state index in [4.69, 9.17) is 0 Å². The van der Waals surface area contributed by atoms with Crippen LogP contribution in [0.25, 0.3) is 0 Å². The van der Waals surface area contributed by atoms with E-state index >= 15 is 0 Å². The van der Waals surface area contributed by atoms with Gasteiger partial charge in [0.25, 0.3) is 0 Å². The van der Waals surface area contributed by atoms with Crippen molar-refractivity contribution in [1.29, 1.82) is 0 Å². The van der Waals surface area contributed by atoms with Gasteiger partial charge in [0.2, 0.25) is 0 Å². The third kappa shape index (κ3) is 2.16. The van der Waals surface area contributed by atoms with E-state index in [0.29, 0.717) is 6.04 Å². The predicted molar refractivity (Wildman–Crippen MR) is 78.2 cm³/mol. The maximum atomic E-state index is 13.7. The normalized spacial score (nSPS) is 24.7. The largest absolute Gasteiger partial charge is 0.295 e. The lowest BCUT2D eigenvalue weighted by molar-refractivity contribution is 0.229. The van der Waals surface area contributed by atoms with Gasteiger partial charge in [-0.2, -0.15) is 0 Å². The van der Waals surface area contributed by atoms with Gasteiger partial charge in [-0.3, -0.25) is 4.90 Å². The second-order valence-corrected chi connectivity index (χ2v) is 6.03. The molecule has 2 aromatic carbocycles. The van der Waals surface area contributed by atoms with Gasteiger partial charge in [-0.05, 0) is 60.3 Å². The van der Waals surface area contributed by atoms with E-state index in [1.54, 1.807) is 12.1 Å². The van der Waals surface area contributed by atoms with Crippen LogP contribution in [0.15, 0.2) is 42.5 Å². The molecule has 2 heterocycles. The van der Waals surface area contributed by atoms with Crippen molar-refractivity contribution in [3.8, 4) is 0 Å². The number of hydrogen-bond acceptors (Lipinski definition) is 1. The minimum absolute atomic E-state index is 0.166. The molecule has 108 valence electrons. The summed E-state index contributed by atoms with van der Waals surface area (Å²) < 4.78 is 26.8. The Balaban J connectivity index is 1.82. The number of fused-ring (bicyclic) bond motifs is 3. The summed E-state index contributed by atoms with van der Waals surface area (Å²) in [5.41, 5.74) is 3.42. The molecule has 0 aliphatic carbocycles. The maximum absolute atomic E-state index is 13.7. The van der Waals surface area contributed by atoms with Crippen LogP contribution in [-0.2, 0) is 0 Å². The van der Waals surface area contributed by atoms with Gasteiger partial charge in [-0.15, -0.1) is 0 Å². The molecule has 0 saturated carbocycles. The molecule has 2 atom stereocenters. The summed E-state index contributed by atoms with van der Waals surface area (Å²) in [6.07, 6.45) is 2.27. The zero-order valence-corrected chi connectivity index (χ0v) is 11.7. The lowest BCUT2D eigenvalue weighted by Crippen LogP contribution is -2.34. The second-order valence-electron chi connectivity index (χ2n) is 6.03. The van der Waals surface area contributed by atoms with Crippen molar-refractivity contribution < 1.29 is 8.78 Å². The van der Waals surface area contributed by atoms with Crippen LogP contribution in [0.3, 0.4) is 0 Å². The second kappa shape index (κ2) is 4.92. The zero-order chi connectivity index (χ0) is 14.4. The summed E-state index contributed by atoms with van der Waals surface area (Å²) >= 11 is 0. The molecule has 0 unspecified atom stereocenters. The summed E-state index contributed by atoms with van der Waals surface area (Å²) in [5, 5.41) is 0. The fraction of sp³-hybridized carbons (Fsp3) is 0.333. The van der Waals surface area contributed by atoms with E-state index in [-0.39, 0.29) is 17.6 Å². The number of hydrogen-bond donors (Lipinski definition) is 0. The third-order valence-corrected chi connectivity index (χ3v) is 4.84. The van der Waals surface area contributed by atoms with Crippen LogP contribution in [0, 0.1) is 11.6 Å². The first kappa shape index (κ1) is 13.0. The van der Waals surface area contributed by atoms with E-state index in [1.165, 1.54) is 17.7 Å². The van der Waals surface area contributed by atoms with E-state index in [1.807, 2.05) is 18.2 Å².